The molecule has 22 heavy (non-hydrogen) atoms. The number of aryl methyl sites for hydroxylation is 1. The Balaban J connectivity index is 1.82. The summed E-state index contributed by atoms with van der Waals surface area (Å²) in [5.41, 5.74) is 0.875. The molecule has 3 nitrogen and oxygen atoms in total. The summed E-state index contributed by atoms with van der Waals surface area (Å²) in [6.07, 6.45) is 5.24. The van der Waals surface area contributed by atoms with Crippen LogP contribution in [0.1, 0.15) is 33.5 Å². The fraction of sp³-hybridized carbons (Fsp3) is 0.278. The summed E-state index contributed by atoms with van der Waals surface area (Å²) in [6.45, 7) is 3.39. The van der Waals surface area contributed by atoms with Gasteiger partial charge in [0, 0.05) is 16.9 Å². The summed E-state index contributed by atoms with van der Waals surface area (Å²) in [5.74, 6) is 1.50. The van der Waals surface area contributed by atoms with Gasteiger partial charge in [0.2, 0.25) is 0 Å². The number of hydrogen-bond acceptors (Lipinski definition) is 4. The molecular formula is C18H18O3S. The molecule has 2 aromatic rings. The van der Waals surface area contributed by atoms with Crippen LogP contribution >= 0.6 is 11.3 Å². The first-order valence-electron chi connectivity index (χ1n) is 7.47. The van der Waals surface area contributed by atoms with Crippen molar-refractivity contribution in [2.45, 2.75) is 19.8 Å². The van der Waals surface area contributed by atoms with E-state index in [0.717, 1.165) is 34.8 Å². The number of benzene rings is 1. The number of carbonyl (C=O) groups is 1. The van der Waals surface area contributed by atoms with Gasteiger partial charge in [-0.2, -0.15) is 0 Å². The van der Waals surface area contributed by atoms with Crippen LogP contribution in [0.2, 0.25) is 0 Å². The first-order valence-corrected chi connectivity index (χ1v) is 8.29. The summed E-state index contributed by atoms with van der Waals surface area (Å²) >= 11 is 1.55. The lowest BCUT2D eigenvalue weighted by Gasteiger charge is -2.09. The van der Waals surface area contributed by atoms with Gasteiger partial charge in [0.25, 0.3) is 0 Å². The van der Waals surface area contributed by atoms with Gasteiger partial charge in [-0.3, -0.25) is 4.79 Å². The van der Waals surface area contributed by atoms with Crippen LogP contribution in [-0.2, 0) is 6.42 Å². The van der Waals surface area contributed by atoms with Crippen molar-refractivity contribution in [2.24, 2.45) is 0 Å². The normalized spacial score (nSPS) is 14.0. The number of para-hydroxylation sites is 1. The van der Waals surface area contributed by atoms with E-state index in [1.165, 1.54) is 4.88 Å². The Morgan fingerprint density at radius 3 is 2.91 bits per heavy atom. The minimum absolute atomic E-state index is 0.0249. The number of hydrogen-bond donors (Lipinski definition) is 0. The van der Waals surface area contributed by atoms with Crippen LogP contribution in [0.4, 0.5) is 0 Å². The maximum absolute atomic E-state index is 12.2. The van der Waals surface area contributed by atoms with E-state index in [4.69, 9.17) is 9.47 Å². The van der Waals surface area contributed by atoms with Crippen LogP contribution in [-0.4, -0.2) is 19.0 Å². The monoisotopic (exact) mass is 314 g/mol. The fourth-order valence-corrected chi connectivity index (χ4v) is 3.16. The van der Waals surface area contributed by atoms with Gasteiger partial charge in [-0.05, 0) is 36.8 Å². The summed E-state index contributed by atoms with van der Waals surface area (Å²) in [5, 5.41) is 0. The third-order valence-corrected chi connectivity index (χ3v) is 4.71. The zero-order chi connectivity index (χ0) is 15.4. The molecule has 1 aliphatic heterocycles. The highest BCUT2D eigenvalue weighted by Gasteiger charge is 2.13. The minimum atomic E-state index is 0.0249. The molecule has 0 unspecified atom stereocenters. The van der Waals surface area contributed by atoms with E-state index < -0.39 is 0 Å². The van der Waals surface area contributed by atoms with Gasteiger partial charge < -0.3 is 9.47 Å². The van der Waals surface area contributed by atoms with Crippen molar-refractivity contribution in [1.82, 2.24) is 0 Å². The van der Waals surface area contributed by atoms with Crippen molar-refractivity contribution in [3.63, 3.8) is 0 Å². The van der Waals surface area contributed by atoms with Crippen LogP contribution in [0.15, 0.2) is 36.4 Å². The van der Waals surface area contributed by atoms with Gasteiger partial charge in [0.15, 0.2) is 17.3 Å². The molecule has 0 aliphatic carbocycles. The molecule has 3 rings (SSSR count). The summed E-state index contributed by atoms with van der Waals surface area (Å²) in [7, 11) is 0. The van der Waals surface area contributed by atoms with Crippen molar-refractivity contribution in [3.05, 3.63) is 51.7 Å². The maximum atomic E-state index is 12.2. The highest BCUT2D eigenvalue weighted by atomic mass is 32.1. The number of fused-ring (bicyclic) bond motifs is 1. The van der Waals surface area contributed by atoms with Gasteiger partial charge in [-0.1, -0.05) is 19.1 Å². The maximum Gasteiger partial charge on any atom is 0.195 e. The van der Waals surface area contributed by atoms with Crippen LogP contribution < -0.4 is 9.47 Å². The average molecular weight is 314 g/mol. The van der Waals surface area contributed by atoms with Gasteiger partial charge in [-0.15, -0.1) is 11.3 Å². The van der Waals surface area contributed by atoms with E-state index in [0.29, 0.717) is 13.2 Å². The van der Waals surface area contributed by atoms with E-state index in [1.54, 1.807) is 23.5 Å². The third kappa shape index (κ3) is 3.22. The summed E-state index contributed by atoms with van der Waals surface area (Å²) in [6, 6.07) is 9.65. The summed E-state index contributed by atoms with van der Waals surface area (Å²) < 4.78 is 11.4. The molecule has 2 heterocycles. The van der Waals surface area contributed by atoms with Crippen molar-refractivity contribution in [3.8, 4) is 11.5 Å². The molecular weight excluding hydrogens is 296 g/mol. The Hall–Kier alpha value is -2.07. The van der Waals surface area contributed by atoms with E-state index in [1.807, 2.05) is 30.3 Å². The molecule has 1 aromatic carbocycles. The molecule has 0 saturated carbocycles. The second-order valence-corrected chi connectivity index (χ2v) is 6.21. The number of rotatable bonds is 4. The van der Waals surface area contributed by atoms with Gasteiger partial charge >= 0.3 is 0 Å². The number of allylic oxidation sites excluding steroid dienone is 1. The van der Waals surface area contributed by atoms with E-state index in [2.05, 4.69) is 6.92 Å². The number of ether oxygens (including phenoxy) is 2. The Morgan fingerprint density at radius 1 is 1.23 bits per heavy atom. The molecule has 0 fully saturated rings. The van der Waals surface area contributed by atoms with E-state index in [9.17, 15) is 4.79 Å². The SMILES string of the molecule is CCc1ccc(C(=O)/C=C/c2cccc3c2OCCCO3)s1. The minimum Gasteiger partial charge on any atom is -0.490 e. The molecule has 0 N–H and O–H groups in total. The smallest absolute Gasteiger partial charge is 0.195 e. The van der Waals surface area contributed by atoms with Crippen molar-refractivity contribution < 1.29 is 14.3 Å². The Kier molecular flexibility index (Phi) is 4.59. The van der Waals surface area contributed by atoms with Crippen molar-refractivity contribution in [2.75, 3.05) is 13.2 Å². The molecule has 0 amide bonds. The molecule has 0 spiro atoms. The predicted octanol–water partition coefficient (Wildman–Crippen LogP) is 4.37. The van der Waals surface area contributed by atoms with E-state index in [-0.39, 0.29) is 5.78 Å². The van der Waals surface area contributed by atoms with Gasteiger partial charge in [0.1, 0.15) is 0 Å². The lowest BCUT2D eigenvalue weighted by atomic mass is 10.1. The van der Waals surface area contributed by atoms with Crippen LogP contribution in [0.3, 0.4) is 0 Å². The Bertz CT molecular complexity index is 700. The fourth-order valence-electron chi connectivity index (χ4n) is 2.30. The molecule has 0 radical (unpaired) electrons. The molecule has 114 valence electrons. The third-order valence-electron chi connectivity index (χ3n) is 3.47. The topological polar surface area (TPSA) is 35.5 Å². The average Bonchev–Trinajstić information content (AvgIpc) is 2.90. The molecule has 0 atom stereocenters. The molecule has 1 aromatic heterocycles. The zero-order valence-electron chi connectivity index (χ0n) is 12.5. The standard InChI is InChI=1S/C18H18O3S/c1-2-14-8-10-17(22-14)15(19)9-7-13-5-3-6-16-18(13)21-12-4-11-20-16/h3,5-10H,2,4,11-12H2,1H3/b9-7+. The largest absolute Gasteiger partial charge is 0.490 e. The van der Waals surface area contributed by atoms with Crippen LogP contribution in [0.25, 0.3) is 6.08 Å². The lowest BCUT2D eigenvalue weighted by molar-refractivity contribution is 0.105. The lowest BCUT2D eigenvalue weighted by Crippen LogP contribution is -1.98. The first kappa shape index (κ1) is 14.9. The number of ketones is 1. The van der Waals surface area contributed by atoms with Crippen LogP contribution in [0, 0.1) is 0 Å². The molecule has 0 bridgehead atoms. The first-order chi connectivity index (χ1) is 10.8. The highest BCUT2D eigenvalue weighted by molar-refractivity contribution is 7.14. The van der Waals surface area contributed by atoms with Crippen molar-refractivity contribution >= 4 is 23.2 Å². The molecule has 4 heteroatoms. The van der Waals surface area contributed by atoms with E-state index >= 15 is 0 Å². The van der Waals surface area contributed by atoms with Crippen LogP contribution in [0.5, 0.6) is 11.5 Å². The Morgan fingerprint density at radius 2 is 2.09 bits per heavy atom. The van der Waals surface area contributed by atoms with Gasteiger partial charge in [-0.25, -0.2) is 0 Å². The summed E-state index contributed by atoms with van der Waals surface area (Å²) in [4.78, 5) is 14.2. The second-order valence-electron chi connectivity index (χ2n) is 5.04. The highest BCUT2D eigenvalue weighted by Crippen LogP contribution is 2.34. The quantitative estimate of drug-likeness (QED) is 0.621. The zero-order valence-corrected chi connectivity index (χ0v) is 13.3. The molecule has 1 aliphatic rings. The van der Waals surface area contributed by atoms with Crippen molar-refractivity contribution in [1.29, 1.82) is 0 Å². The number of thiophene rings is 1. The predicted molar refractivity (Wildman–Crippen MR) is 89.1 cm³/mol. The number of carbonyl (C=O) groups excluding carboxylic acids is 1. The Labute approximate surface area is 134 Å². The molecule has 0 saturated heterocycles. The van der Waals surface area contributed by atoms with Gasteiger partial charge in [0.05, 0.1) is 18.1 Å². The second kappa shape index (κ2) is 6.79.